The van der Waals surface area contributed by atoms with Crippen LogP contribution in [0.5, 0.6) is 0 Å². The van der Waals surface area contributed by atoms with E-state index in [1.165, 1.54) is 30.2 Å². The number of carbonyl (C=O) groups excluding carboxylic acids is 2. The van der Waals surface area contributed by atoms with Crippen LogP contribution in [-0.2, 0) is 16.1 Å². The van der Waals surface area contributed by atoms with Crippen LogP contribution >= 0.6 is 23.1 Å². The van der Waals surface area contributed by atoms with E-state index in [4.69, 9.17) is 4.74 Å². The van der Waals surface area contributed by atoms with E-state index >= 15 is 0 Å². The van der Waals surface area contributed by atoms with Crippen LogP contribution in [0.25, 0.3) is 10.2 Å². The predicted molar refractivity (Wildman–Crippen MR) is 119 cm³/mol. The number of methoxy groups -OCH3 is 1. The standard InChI is InChI=1S/C21H21N3O4S2/c1-5-10-24-19(26)17-12(2)13(3)30-18(17)23-21(24)29-11-16(25)22-15-9-7-6-8-14(15)20(27)28-4/h5-9H,1,10-11H2,2-4H3,(H,22,25)/p+1. The van der Waals surface area contributed by atoms with Crippen LogP contribution in [0.15, 0.2) is 46.9 Å². The first-order valence-electron chi connectivity index (χ1n) is 9.14. The van der Waals surface area contributed by atoms with Crippen LogP contribution in [0.2, 0.25) is 0 Å². The lowest BCUT2D eigenvalue weighted by molar-refractivity contribution is -0.404. The van der Waals surface area contributed by atoms with E-state index in [1.54, 1.807) is 34.9 Å². The number of H-pyrrole nitrogens is 1. The van der Waals surface area contributed by atoms with Crippen LogP contribution < -0.4 is 15.9 Å². The molecule has 0 aliphatic carbocycles. The van der Waals surface area contributed by atoms with Crippen molar-refractivity contribution >= 4 is 50.9 Å². The fourth-order valence-electron chi connectivity index (χ4n) is 2.97. The lowest BCUT2D eigenvalue weighted by Crippen LogP contribution is -2.30. The summed E-state index contributed by atoms with van der Waals surface area (Å²) in [6.07, 6.45) is 1.65. The minimum Gasteiger partial charge on any atom is -0.465 e. The summed E-state index contributed by atoms with van der Waals surface area (Å²) in [5.74, 6) is -0.779. The van der Waals surface area contributed by atoms with Crippen molar-refractivity contribution in [2.75, 3.05) is 18.2 Å². The van der Waals surface area contributed by atoms with Crippen molar-refractivity contribution in [1.29, 1.82) is 0 Å². The van der Waals surface area contributed by atoms with E-state index in [-0.39, 0.29) is 22.8 Å². The molecule has 0 atom stereocenters. The molecule has 2 aromatic heterocycles. The zero-order valence-electron chi connectivity index (χ0n) is 16.9. The van der Waals surface area contributed by atoms with Crippen LogP contribution in [0, 0.1) is 13.8 Å². The Hall–Kier alpha value is -2.91. The number of aromatic nitrogens is 2. The van der Waals surface area contributed by atoms with Crippen molar-refractivity contribution in [3.63, 3.8) is 0 Å². The normalized spacial score (nSPS) is 10.8. The molecule has 0 aliphatic rings. The molecule has 156 valence electrons. The predicted octanol–water partition coefficient (Wildman–Crippen LogP) is 3.20. The van der Waals surface area contributed by atoms with Gasteiger partial charge >= 0.3 is 16.7 Å². The number of hydrogen-bond donors (Lipinski definition) is 1. The van der Waals surface area contributed by atoms with E-state index in [0.29, 0.717) is 22.8 Å². The molecule has 0 unspecified atom stereocenters. The molecule has 2 heterocycles. The monoisotopic (exact) mass is 444 g/mol. The van der Waals surface area contributed by atoms with Gasteiger partial charge in [-0.2, -0.15) is 4.57 Å². The molecule has 0 saturated heterocycles. The summed E-state index contributed by atoms with van der Waals surface area (Å²) in [6, 6.07) is 6.64. The van der Waals surface area contributed by atoms with Crippen molar-refractivity contribution in [2.45, 2.75) is 25.5 Å². The molecule has 3 aromatic rings. The number of aryl methyl sites for hydroxylation is 2. The number of hydrogen-bond acceptors (Lipinski definition) is 6. The maximum absolute atomic E-state index is 13.0. The number of benzene rings is 1. The second kappa shape index (κ2) is 9.27. The fourth-order valence-corrected chi connectivity index (χ4v) is 4.92. The summed E-state index contributed by atoms with van der Waals surface area (Å²) in [7, 11) is 1.29. The van der Waals surface area contributed by atoms with Gasteiger partial charge in [0.25, 0.3) is 0 Å². The van der Waals surface area contributed by atoms with Crippen molar-refractivity contribution in [3.8, 4) is 0 Å². The van der Waals surface area contributed by atoms with Crippen LogP contribution in [0.4, 0.5) is 5.69 Å². The Balaban J connectivity index is 1.84. The number of fused-ring (bicyclic) bond motifs is 1. The number of allylic oxidation sites excluding steroid dienone is 1. The number of esters is 1. The number of aromatic amines is 1. The van der Waals surface area contributed by atoms with E-state index in [0.717, 1.165) is 15.3 Å². The lowest BCUT2D eigenvalue weighted by atomic mass is 10.2. The van der Waals surface area contributed by atoms with Gasteiger partial charge in [-0.1, -0.05) is 36.1 Å². The first-order valence-corrected chi connectivity index (χ1v) is 10.9. The summed E-state index contributed by atoms with van der Waals surface area (Å²) in [5.41, 5.74) is 1.51. The van der Waals surface area contributed by atoms with Gasteiger partial charge in [0, 0.05) is 4.88 Å². The molecule has 30 heavy (non-hydrogen) atoms. The van der Waals surface area contributed by atoms with Crippen molar-refractivity contribution in [1.82, 2.24) is 4.57 Å². The number of rotatable bonds is 7. The van der Waals surface area contributed by atoms with Gasteiger partial charge in [0.2, 0.25) is 5.91 Å². The quantitative estimate of drug-likeness (QED) is 0.262. The van der Waals surface area contributed by atoms with Crippen molar-refractivity contribution in [3.05, 3.63) is 63.3 Å². The average Bonchev–Trinajstić information content (AvgIpc) is 3.02. The van der Waals surface area contributed by atoms with E-state index in [1.807, 2.05) is 13.8 Å². The second-order valence-electron chi connectivity index (χ2n) is 6.50. The molecular formula is C21H22N3O4S2+. The van der Waals surface area contributed by atoms with Gasteiger partial charge < -0.3 is 10.1 Å². The number of thioether (sulfide) groups is 1. The third-order valence-electron chi connectivity index (χ3n) is 4.57. The zero-order chi connectivity index (χ0) is 21.8. The van der Waals surface area contributed by atoms with Gasteiger partial charge in [0.15, 0.2) is 4.83 Å². The molecule has 7 nitrogen and oxygen atoms in total. The molecule has 0 radical (unpaired) electrons. The Labute approximate surface area is 181 Å². The lowest BCUT2D eigenvalue weighted by Gasteiger charge is -2.09. The summed E-state index contributed by atoms with van der Waals surface area (Å²) < 4.78 is 6.33. The van der Waals surface area contributed by atoms with Crippen molar-refractivity contribution < 1.29 is 19.3 Å². The van der Waals surface area contributed by atoms with Gasteiger partial charge in [-0.3, -0.25) is 4.79 Å². The third-order valence-corrected chi connectivity index (χ3v) is 6.69. The maximum atomic E-state index is 13.0. The summed E-state index contributed by atoms with van der Waals surface area (Å²) in [4.78, 5) is 42.5. The molecule has 0 saturated carbocycles. The average molecular weight is 445 g/mol. The summed E-state index contributed by atoms with van der Waals surface area (Å²) in [5, 5.41) is 3.97. The van der Waals surface area contributed by atoms with Gasteiger partial charge in [-0.05, 0) is 43.3 Å². The summed E-state index contributed by atoms with van der Waals surface area (Å²) >= 11 is 2.73. The number of nitrogens with zero attached hydrogens (tertiary/aromatic N) is 1. The topological polar surface area (TPSA) is 91.5 Å². The van der Waals surface area contributed by atoms with Crippen molar-refractivity contribution in [2.24, 2.45) is 0 Å². The molecule has 1 amide bonds. The highest BCUT2D eigenvalue weighted by molar-refractivity contribution is 7.99. The molecule has 1 aromatic carbocycles. The van der Waals surface area contributed by atoms with Gasteiger partial charge in [-0.15, -0.1) is 0 Å². The number of anilines is 1. The Kier molecular flexibility index (Phi) is 6.73. The Morgan fingerprint density at radius 2 is 2.07 bits per heavy atom. The SMILES string of the molecule is C=CCn1c(SCC(=O)Nc2ccccc2C(=O)OC)[nH+]c2sc(C)c(C)c2c1=O. The number of amides is 1. The molecule has 3 rings (SSSR count). The van der Waals surface area contributed by atoms with E-state index in [9.17, 15) is 14.4 Å². The minimum absolute atomic E-state index is 0.0530. The molecule has 0 bridgehead atoms. The summed E-state index contributed by atoms with van der Waals surface area (Å²) in [6.45, 7) is 7.96. The largest absolute Gasteiger partial charge is 0.465 e. The number of para-hydroxylation sites is 1. The maximum Gasteiger partial charge on any atom is 0.347 e. The van der Waals surface area contributed by atoms with Crippen LogP contribution in [0.1, 0.15) is 20.8 Å². The second-order valence-corrected chi connectivity index (χ2v) is 8.68. The zero-order valence-corrected chi connectivity index (χ0v) is 18.5. The number of nitrogens with one attached hydrogen (secondary N) is 2. The Bertz CT molecular complexity index is 1200. The first kappa shape index (κ1) is 21.8. The molecule has 2 N–H and O–H groups in total. The highest BCUT2D eigenvalue weighted by Crippen LogP contribution is 2.26. The van der Waals surface area contributed by atoms with Crippen LogP contribution in [0.3, 0.4) is 0 Å². The Morgan fingerprint density at radius 1 is 1.33 bits per heavy atom. The third kappa shape index (κ3) is 4.31. The molecule has 0 fully saturated rings. The molecule has 9 heteroatoms. The van der Waals surface area contributed by atoms with Crippen LogP contribution in [-0.4, -0.2) is 29.3 Å². The smallest absolute Gasteiger partial charge is 0.347 e. The number of carbonyl (C=O) groups is 2. The molecule has 0 spiro atoms. The highest BCUT2D eigenvalue weighted by Gasteiger charge is 2.23. The van der Waals surface area contributed by atoms with E-state index in [2.05, 4.69) is 16.9 Å². The number of ether oxygens (including phenoxy) is 1. The van der Waals surface area contributed by atoms with Gasteiger partial charge in [0.1, 0.15) is 11.9 Å². The van der Waals surface area contributed by atoms with Gasteiger partial charge in [0.05, 0.1) is 24.1 Å². The first-order chi connectivity index (χ1) is 14.4. The fraction of sp³-hybridized carbons (Fsp3) is 0.238. The van der Waals surface area contributed by atoms with E-state index < -0.39 is 5.97 Å². The number of thiophene rings is 1. The van der Waals surface area contributed by atoms with Gasteiger partial charge in [-0.25, -0.2) is 14.6 Å². The minimum atomic E-state index is -0.527. The molecular weight excluding hydrogens is 422 g/mol. The molecule has 0 aliphatic heterocycles. The highest BCUT2D eigenvalue weighted by atomic mass is 32.2. The Morgan fingerprint density at radius 3 is 2.77 bits per heavy atom.